The van der Waals surface area contributed by atoms with Crippen molar-refractivity contribution in [1.82, 2.24) is 4.98 Å². The van der Waals surface area contributed by atoms with Crippen LogP contribution >= 0.6 is 0 Å². The van der Waals surface area contributed by atoms with Gasteiger partial charge in [0.1, 0.15) is 0 Å². The van der Waals surface area contributed by atoms with Gasteiger partial charge < -0.3 is 5.11 Å². The second-order valence-corrected chi connectivity index (χ2v) is 7.92. The molecule has 3 rings (SSSR count). The summed E-state index contributed by atoms with van der Waals surface area (Å²) in [5, 5.41) is 10.3. The molecule has 0 radical (unpaired) electrons. The van der Waals surface area contributed by atoms with Gasteiger partial charge in [-0.3, -0.25) is 0 Å². The minimum atomic E-state index is -3.21. The predicted molar refractivity (Wildman–Crippen MR) is 95.8 cm³/mol. The van der Waals surface area contributed by atoms with Crippen molar-refractivity contribution < 1.29 is 13.5 Å². The average molecular weight is 341 g/mol. The molecule has 2 aromatic carbocycles. The third-order valence-corrected chi connectivity index (χ3v) is 5.22. The number of aryl methyl sites for hydroxylation is 1. The molecule has 4 nitrogen and oxygen atoms in total. The summed E-state index contributed by atoms with van der Waals surface area (Å²) in [5.41, 5.74) is 4.65. The zero-order valence-corrected chi connectivity index (χ0v) is 14.5. The zero-order chi connectivity index (χ0) is 17.3. The van der Waals surface area contributed by atoms with Crippen LogP contribution in [-0.4, -0.2) is 31.4 Å². The Bertz CT molecular complexity index is 993. The van der Waals surface area contributed by atoms with Crippen LogP contribution in [0, 0.1) is 6.92 Å². The number of sulfone groups is 1. The summed E-state index contributed by atoms with van der Waals surface area (Å²) in [4.78, 5) is 5.05. The first-order valence-corrected chi connectivity index (χ1v) is 9.60. The number of hydrogen-bond donors (Lipinski definition) is 1. The fraction of sp³-hybridized carbons (Fsp3) is 0.211. The van der Waals surface area contributed by atoms with E-state index in [1.54, 1.807) is 24.3 Å². The summed E-state index contributed by atoms with van der Waals surface area (Å²) in [5.74, 6) is 0. The van der Waals surface area contributed by atoms with Gasteiger partial charge in [-0.1, -0.05) is 30.3 Å². The molecule has 3 aromatic rings. The van der Waals surface area contributed by atoms with Crippen LogP contribution in [0.5, 0.6) is 0 Å². The molecule has 24 heavy (non-hydrogen) atoms. The lowest BCUT2D eigenvalue weighted by Crippen LogP contribution is -1.98. The van der Waals surface area contributed by atoms with Crippen molar-refractivity contribution in [2.24, 2.45) is 0 Å². The van der Waals surface area contributed by atoms with Gasteiger partial charge in [-0.15, -0.1) is 0 Å². The fourth-order valence-electron chi connectivity index (χ4n) is 2.82. The van der Waals surface area contributed by atoms with Crippen molar-refractivity contribution in [3.63, 3.8) is 0 Å². The van der Waals surface area contributed by atoms with Gasteiger partial charge in [-0.05, 0) is 42.7 Å². The maximum absolute atomic E-state index is 11.6. The Balaban J connectivity index is 2.15. The molecule has 0 spiro atoms. The van der Waals surface area contributed by atoms with Gasteiger partial charge in [0.25, 0.3) is 0 Å². The lowest BCUT2D eigenvalue weighted by molar-refractivity contribution is 0.300. The summed E-state index contributed by atoms with van der Waals surface area (Å²) >= 11 is 0. The molecule has 1 aromatic heterocycles. The van der Waals surface area contributed by atoms with Gasteiger partial charge >= 0.3 is 0 Å². The van der Waals surface area contributed by atoms with E-state index in [9.17, 15) is 13.5 Å². The van der Waals surface area contributed by atoms with E-state index in [-0.39, 0.29) is 6.61 Å². The largest absolute Gasteiger partial charge is 0.396 e. The molecule has 0 amide bonds. The van der Waals surface area contributed by atoms with Crippen molar-refractivity contribution in [3.05, 3.63) is 59.7 Å². The number of nitrogens with zero attached hydrogens (tertiary/aromatic N) is 1. The van der Waals surface area contributed by atoms with Crippen LogP contribution in [0.4, 0.5) is 0 Å². The molecule has 0 aliphatic carbocycles. The lowest BCUT2D eigenvalue weighted by Gasteiger charge is -2.10. The van der Waals surface area contributed by atoms with Crippen molar-refractivity contribution in [2.75, 3.05) is 12.9 Å². The molecule has 0 saturated carbocycles. The van der Waals surface area contributed by atoms with E-state index < -0.39 is 9.84 Å². The number of rotatable bonds is 4. The van der Waals surface area contributed by atoms with E-state index in [0.717, 1.165) is 33.3 Å². The van der Waals surface area contributed by atoms with Gasteiger partial charge in [-0.25, -0.2) is 13.4 Å². The highest BCUT2D eigenvalue weighted by Crippen LogP contribution is 2.27. The number of pyridine rings is 1. The Morgan fingerprint density at radius 1 is 1.08 bits per heavy atom. The number of aliphatic hydroxyl groups is 1. The zero-order valence-electron chi connectivity index (χ0n) is 13.7. The maximum atomic E-state index is 11.6. The van der Waals surface area contributed by atoms with E-state index in [4.69, 9.17) is 4.98 Å². The highest BCUT2D eigenvalue weighted by atomic mass is 32.2. The Morgan fingerprint density at radius 2 is 1.79 bits per heavy atom. The first kappa shape index (κ1) is 16.6. The van der Waals surface area contributed by atoms with Crippen molar-refractivity contribution in [2.45, 2.75) is 18.2 Å². The summed E-state index contributed by atoms with van der Waals surface area (Å²) in [6.07, 6.45) is 1.75. The molecule has 0 bridgehead atoms. The molecule has 5 heteroatoms. The molecule has 0 fully saturated rings. The quantitative estimate of drug-likeness (QED) is 0.791. The number of hydrogen-bond acceptors (Lipinski definition) is 4. The fourth-order valence-corrected chi connectivity index (χ4v) is 3.45. The molecule has 124 valence electrons. The highest BCUT2D eigenvalue weighted by Gasteiger charge is 2.10. The predicted octanol–water partition coefficient (Wildman–Crippen LogP) is 3.15. The lowest BCUT2D eigenvalue weighted by atomic mass is 10.0. The van der Waals surface area contributed by atoms with Gasteiger partial charge in [-0.2, -0.15) is 0 Å². The van der Waals surface area contributed by atoms with Gasteiger partial charge in [0.05, 0.1) is 16.1 Å². The Morgan fingerprint density at radius 3 is 2.42 bits per heavy atom. The van der Waals surface area contributed by atoms with Gasteiger partial charge in [0.2, 0.25) is 0 Å². The first-order valence-electron chi connectivity index (χ1n) is 7.71. The van der Waals surface area contributed by atoms with Crippen molar-refractivity contribution in [1.29, 1.82) is 0 Å². The smallest absolute Gasteiger partial charge is 0.175 e. The standard InChI is InChI=1S/C19H19NO3S/c1-13-12-18(14-6-8-16(9-7-14)24(2,22)23)20-19-15(10-11-21)4-3-5-17(13)19/h3-9,12,21H,10-11H2,1-2H3. The number of aliphatic hydroxyl groups excluding tert-OH is 1. The van der Waals surface area contributed by atoms with Crippen LogP contribution in [-0.2, 0) is 16.3 Å². The number of benzene rings is 2. The normalized spacial score (nSPS) is 11.8. The van der Waals surface area contributed by atoms with Crippen LogP contribution in [0.2, 0.25) is 0 Å². The third kappa shape index (κ3) is 3.18. The summed E-state index contributed by atoms with van der Waals surface area (Å²) < 4.78 is 23.2. The number of fused-ring (bicyclic) bond motifs is 1. The minimum Gasteiger partial charge on any atom is -0.396 e. The summed E-state index contributed by atoms with van der Waals surface area (Å²) in [6.45, 7) is 2.11. The average Bonchev–Trinajstić information content (AvgIpc) is 2.55. The molecule has 0 unspecified atom stereocenters. The minimum absolute atomic E-state index is 0.0765. The van der Waals surface area contributed by atoms with Crippen LogP contribution in [0.15, 0.2) is 53.4 Å². The van der Waals surface area contributed by atoms with Crippen LogP contribution in [0.1, 0.15) is 11.1 Å². The summed E-state index contributed by atoms with van der Waals surface area (Å²) in [7, 11) is -3.21. The molecule has 0 aliphatic heterocycles. The topological polar surface area (TPSA) is 67.3 Å². The summed E-state index contributed by atoms with van der Waals surface area (Å²) in [6, 6.07) is 14.7. The van der Waals surface area contributed by atoms with Crippen LogP contribution in [0.25, 0.3) is 22.2 Å². The number of para-hydroxylation sites is 1. The molecule has 0 atom stereocenters. The second kappa shape index (κ2) is 6.34. The maximum Gasteiger partial charge on any atom is 0.175 e. The van der Waals surface area contributed by atoms with Gasteiger partial charge in [0, 0.05) is 23.8 Å². The van der Waals surface area contributed by atoms with E-state index in [2.05, 4.69) is 0 Å². The SMILES string of the molecule is Cc1cc(-c2ccc(S(C)(=O)=O)cc2)nc2c(CCO)cccc12. The molecule has 1 heterocycles. The molecular weight excluding hydrogens is 322 g/mol. The Kier molecular flexibility index (Phi) is 4.39. The van der Waals surface area contributed by atoms with Crippen LogP contribution in [0.3, 0.4) is 0 Å². The van der Waals surface area contributed by atoms with Gasteiger partial charge in [0.15, 0.2) is 9.84 Å². The third-order valence-electron chi connectivity index (χ3n) is 4.09. The number of aromatic nitrogens is 1. The van der Waals surface area contributed by atoms with E-state index in [1.165, 1.54) is 6.26 Å². The van der Waals surface area contributed by atoms with E-state index >= 15 is 0 Å². The molecule has 0 aliphatic rings. The van der Waals surface area contributed by atoms with Crippen molar-refractivity contribution in [3.8, 4) is 11.3 Å². The van der Waals surface area contributed by atoms with Crippen LogP contribution < -0.4 is 0 Å². The first-order chi connectivity index (χ1) is 11.4. The monoisotopic (exact) mass is 341 g/mol. The molecular formula is C19H19NO3S. The van der Waals surface area contributed by atoms with Crippen molar-refractivity contribution >= 4 is 20.7 Å². The molecule has 0 saturated heterocycles. The van der Waals surface area contributed by atoms with E-state index in [0.29, 0.717) is 11.3 Å². The second-order valence-electron chi connectivity index (χ2n) is 5.91. The van der Waals surface area contributed by atoms with E-state index in [1.807, 2.05) is 31.2 Å². The Labute approximate surface area is 141 Å². The highest BCUT2D eigenvalue weighted by molar-refractivity contribution is 7.90. The molecule has 1 N–H and O–H groups in total. The Hall–Kier alpha value is -2.24.